The number of anilines is 1. The lowest BCUT2D eigenvalue weighted by Crippen LogP contribution is -2.26. The molecule has 2 aromatic carbocycles. The van der Waals surface area contributed by atoms with Crippen LogP contribution in [0.2, 0.25) is 5.02 Å². The lowest BCUT2D eigenvalue weighted by molar-refractivity contribution is 0.570. The van der Waals surface area contributed by atoms with E-state index >= 15 is 0 Å². The van der Waals surface area contributed by atoms with Gasteiger partial charge in [0.25, 0.3) is 0 Å². The van der Waals surface area contributed by atoms with Gasteiger partial charge in [-0.15, -0.1) is 0 Å². The van der Waals surface area contributed by atoms with Crippen LogP contribution in [0.5, 0.6) is 0 Å². The molecule has 3 aromatic rings. The van der Waals surface area contributed by atoms with Crippen molar-refractivity contribution in [2.24, 2.45) is 0 Å². The van der Waals surface area contributed by atoms with Gasteiger partial charge in [0, 0.05) is 16.3 Å². The Morgan fingerprint density at radius 2 is 1.91 bits per heavy atom. The van der Waals surface area contributed by atoms with Crippen LogP contribution in [0.1, 0.15) is 28.6 Å². The normalized spacial score (nSPS) is 15.7. The van der Waals surface area contributed by atoms with E-state index in [0.717, 1.165) is 22.0 Å². The summed E-state index contributed by atoms with van der Waals surface area (Å²) in [7, 11) is 0. The van der Waals surface area contributed by atoms with Gasteiger partial charge in [0.15, 0.2) is 0 Å². The lowest BCUT2D eigenvalue weighted by Gasteiger charge is -2.30. The van der Waals surface area contributed by atoms with Gasteiger partial charge in [-0.3, -0.25) is 0 Å². The van der Waals surface area contributed by atoms with E-state index in [2.05, 4.69) is 48.1 Å². The van der Waals surface area contributed by atoms with Crippen molar-refractivity contribution in [3.05, 3.63) is 69.9 Å². The van der Waals surface area contributed by atoms with E-state index < -0.39 is 0 Å². The summed E-state index contributed by atoms with van der Waals surface area (Å²) in [6.07, 6.45) is -0.0497. The summed E-state index contributed by atoms with van der Waals surface area (Å²) in [5.74, 6) is 0. The van der Waals surface area contributed by atoms with E-state index in [1.165, 1.54) is 22.4 Å². The van der Waals surface area contributed by atoms with Gasteiger partial charge >= 0.3 is 0 Å². The maximum atomic E-state index is 6.19. The highest BCUT2D eigenvalue weighted by molar-refractivity contribution is 6.30. The molecule has 1 unspecified atom stereocenters. The Bertz CT molecular complexity index is 911. The van der Waals surface area contributed by atoms with Crippen LogP contribution in [0.15, 0.2) is 42.5 Å². The number of hydrogen-bond acceptors (Lipinski definition) is 2. The zero-order valence-corrected chi connectivity index (χ0v) is 14.1. The molecule has 3 nitrogen and oxygen atoms in total. The Labute approximate surface area is 140 Å². The monoisotopic (exact) mass is 323 g/mol. The van der Waals surface area contributed by atoms with Crippen LogP contribution < -0.4 is 5.32 Å². The number of aryl methyl sites for hydroxylation is 3. The van der Waals surface area contributed by atoms with E-state index in [-0.39, 0.29) is 6.17 Å². The Balaban J connectivity index is 1.95. The van der Waals surface area contributed by atoms with Crippen LogP contribution in [-0.2, 0) is 0 Å². The second kappa shape index (κ2) is 5.14. The third-order valence-electron chi connectivity index (χ3n) is 4.30. The van der Waals surface area contributed by atoms with Crippen molar-refractivity contribution in [3.63, 3.8) is 0 Å². The second-order valence-electron chi connectivity index (χ2n) is 6.22. The molecular formula is C19H18ClN3. The first kappa shape index (κ1) is 14.3. The average molecular weight is 324 g/mol. The number of benzene rings is 2. The number of nitrogens with one attached hydrogen (secondary N) is 1. The van der Waals surface area contributed by atoms with Crippen molar-refractivity contribution < 1.29 is 0 Å². The Morgan fingerprint density at radius 3 is 2.70 bits per heavy atom. The molecule has 0 fully saturated rings. The van der Waals surface area contributed by atoms with E-state index in [1.807, 2.05) is 25.1 Å². The predicted octanol–water partition coefficient (Wildman–Crippen LogP) is 5.10. The van der Waals surface area contributed by atoms with E-state index in [4.69, 9.17) is 16.7 Å². The maximum absolute atomic E-state index is 6.19. The van der Waals surface area contributed by atoms with Crippen LogP contribution in [0.25, 0.3) is 11.3 Å². The van der Waals surface area contributed by atoms with Crippen LogP contribution in [-0.4, -0.2) is 9.78 Å². The molecule has 1 aromatic heterocycles. The summed E-state index contributed by atoms with van der Waals surface area (Å²) in [5.41, 5.74) is 8.16. The highest BCUT2D eigenvalue weighted by atomic mass is 35.5. The van der Waals surface area contributed by atoms with Gasteiger partial charge in [-0.25, -0.2) is 4.68 Å². The van der Waals surface area contributed by atoms with Gasteiger partial charge in [0.1, 0.15) is 6.17 Å². The molecule has 0 aliphatic carbocycles. The van der Waals surface area contributed by atoms with Gasteiger partial charge in [0.2, 0.25) is 0 Å². The molecule has 0 amide bonds. The molecule has 1 atom stereocenters. The Morgan fingerprint density at radius 1 is 1.09 bits per heavy atom. The fraction of sp³-hybridized carbons (Fsp3) is 0.211. The summed E-state index contributed by atoms with van der Waals surface area (Å²) in [6, 6.07) is 14.5. The molecule has 0 saturated heterocycles. The minimum absolute atomic E-state index is 0.0497. The first-order valence-electron chi connectivity index (χ1n) is 7.73. The number of aromatic nitrogens is 2. The number of hydrogen-bond donors (Lipinski definition) is 1. The van der Waals surface area contributed by atoms with Crippen molar-refractivity contribution in [2.75, 3.05) is 5.32 Å². The first-order valence-corrected chi connectivity index (χ1v) is 8.10. The van der Waals surface area contributed by atoms with Crippen molar-refractivity contribution in [1.29, 1.82) is 0 Å². The Hall–Kier alpha value is -2.26. The molecular weight excluding hydrogens is 306 g/mol. The predicted molar refractivity (Wildman–Crippen MR) is 95.1 cm³/mol. The fourth-order valence-corrected chi connectivity index (χ4v) is 3.57. The first-order chi connectivity index (χ1) is 11.0. The number of nitrogens with zero attached hydrogens (tertiary/aromatic N) is 2. The minimum Gasteiger partial charge on any atom is -0.359 e. The minimum atomic E-state index is -0.0497. The zero-order valence-electron chi connectivity index (χ0n) is 13.4. The van der Waals surface area contributed by atoms with E-state index in [9.17, 15) is 0 Å². The summed E-state index contributed by atoms with van der Waals surface area (Å²) in [6.45, 7) is 6.30. The molecule has 23 heavy (non-hydrogen) atoms. The fourth-order valence-electron chi connectivity index (χ4n) is 3.37. The largest absolute Gasteiger partial charge is 0.359 e. The van der Waals surface area contributed by atoms with Crippen molar-refractivity contribution in [1.82, 2.24) is 9.78 Å². The molecule has 0 radical (unpaired) electrons. The molecule has 1 N–H and O–H groups in total. The molecule has 0 saturated carbocycles. The Kier molecular flexibility index (Phi) is 3.20. The maximum Gasteiger partial charge on any atom is 0.147 e. The summed E-state index contributed by atoms with van der Waals surface area (Å²) >= 11 is 6.19. The SMILES string of the molecule is Cc1cc(C)c2c(c1)-c1cc(C)nn1C(c1cccc(Cl)c1)N2. The zero-order chi connectivity index (χ0) is 16.1. The molecule has 116 valence electrons. The lowest BCUT2D eigenvalue weighted by atomic mass is 9.98. The van der Waals surface area contributed by atoms with Crippen LogP contribution in [0.3, 0.4) is 0 Å². The summed E-state index contributed by atoms with van der Waals surface area (Å²) in [5, 5.41) is 9.09. The number of halogens is 1. The standard InChI is InChI=1S/C19H18ClN3/c1-11-7-12(2)18-16(8-11)17-9-13(3)22-23(17)19(21-18)14-5-4-6-15(20)10-14/h4-10,19,21H,1-3H3. The van der Waals surface area contributed by atoms with Gasteiger partial charge in [-0.05, 0) is 56.2 Å². The molecule has 4 heteroatoms. The van der Waals surface area contributed by atoms with E-state index in [1.54, 1.807) is 0 Å². The average Bonchev–Trinajstić information content (AvgIpc) is 2.88. The number of fused-ring (bicyclic) bond motifs is 3. The molecule has 0 bridgehead atoms. The number of rotatable bonds is 1. The third kappa shape index (κ3) is 2.32. The van der Waals surface area contributed by atoms with Gasteiger partial charge < -0.3 is 5.32 Å². The van der Waals surface area contributed by atoms with Crippen LogP contribution in [0, 0.1) is 20.8 Å². The molecule has 0 spiro atoms. The van der Waals surface area contributed by atoms with Crippen LogP contribution >= 0.6 is 11.6 Å². The van der Waals surface area contributed by atoms with Gasteiger partial charge in [0.05, 0.1) is 11.4 Å². The smallest absolute Gasteiger partial charge is 0.147 e. The molecule has 4 rings (SSSR count). The molecule has 1 aliphatic heterocycles. The van der Waals surface area contributed by atoms with Crippen molar-refractivity contribution >= 4 is 17.3 Å². The summed E-state index contributed by atoms with van der Waals surface area (Å²) in [4.78, 5) is 0. The second-order valence-corrected chi connectivity index (χ2v) is 6.66. The topological polar surface area (TPSA) is 29.9 Å². The van der Waals surface area contributed by atoms with Crippen LogP contribution in [0.4, 0.5) is 5.69 Å². The van der Waals surface area contributed by atoms with Crippen molar-refractivity contribution in [2.45, 2.75) is 26.9 Å². The molecule has 1 aliphatic rings. The van der Waals surface area contributed by atoms with Crippen molar-refractivity contribution in [3.8, 4) is 11.3 Å². The molecule has 2 heterocycles. The van der Waals surface area contributed by atoms with Gasteiger partial charge in [-0.1, -0.05) is 35.4 Å². The third-order valence-corrected chi connectivity index (χ3v) is 4.54. The summed E-state index contributed by atoms with van der Waals surface area (Å²) < 4.78 is 2.06. The highest BCUT2D eigenvalue weighted by Crippen LogP contribution is 2.41. The van der Waals surface area contributed by atoms with Gasteiger partial charge in [-0.2, -0.15) is 5.10 Å². The van der Waals surface area contributed by atoms with E-state index in [0.29, 0.717) is 0 Å². The highest BCUT2D eigenvalue weighted by Gasteiger charge is 2.27. The quantitative estimate of drug-likeness (QED) is 0.675.